The molecule has 1 N–H and O–H groups in total. The van der Waals surface area contributed by atoms with Crippen LogP contribution in [0.1, 0.15) is 10.6 Å². The molecule has 2 aromatic rings. The number of nitrogens with zero attached hydrogens (tertiary/aromatic N) is 1. The highest BCUT2D eigenvalue weighted by molar-refractivity contribution is 9.10. The predicted molar refractivity (Wildman–Crippen MR) is 68.2 cm³/mol. The minimum absolute atomic E-state index is 0.247. The number of carboxylic acid groups (broad SMARTS) is 1. The van der Waals surface area contributed by atoms with Gasteiger partial charge < -0.3 is 14.4 Å². The van der Waals surface area contributed by atoms with Gasteiger partial charge in [-0.15, -0.1) is 0 Å². The van der Waals surface area contributed by atoms with Crippen LogP contribution in [-0.2, 0) is 0 Å². The van der Waals surface area contributed by atoms with Gasteiger partial charge in [-0.2, -0.15) is 0 Å². The topological polar surface area (TPSA) is 72.6 Å². The Morgan fingerprint density at radius 3 is 2.78 bits per heavy atom. The summed E-state index contributed by atoms with van der Waals surface area (Å²) in [4.78, 5) is 10.7. The van der Waals surface area contributed by atoms with Crippen molar-refractivity contribution in [3.63, 3.8) is 0 Å². The van der Waals surface area contributed by atoms with Crippen molar-refractivity contribution in [3.8, 4) is 17.0 Å². The molecule has 0 bridgehead atoms. The molecule has 0 aliphatic heterocycles. The van der Waals surface area contributed by atoms with Crippen molar-refractivity contribution >= 4 is 33.5 Å². The zero-order valence-electron chi connectivity index (χ0n) is 9.11. The van der Waals surface area contributed by atoms with E-state index in [1.807, 2.05) is 0 Å². The average Bonchev–Trinajstić information content (AvgIpc) is 2.77. The maximum absolute atomic E-state index is 10.7. The van der Waals surface area contributed by atoms with E-state index in [1.165, 1.54) is 13.2 Å². The second-order valence-electron chi connectivity index (χ2n) is 3.35. The summed E-state index contributed by atoms with van der Waals surface area (Å²) >= 11 is 9.32. The average molecular weight is 333 g/mol. The number of aromatic carboxylic acids is 1. The number of halogens is 2. The molecule has 0 aliphatic rings. The lowest BCUT2D eigenvalue weighted by Crippen LogP contribution is -1.92. The second-order valence-corrected chi connectivity index (χ2v) is 4.67. The summed E-state index contributed by atoms with van der Waals surface area (Å²) in [6.07, 6.45) is 0. The fraction of sp³-hybridized carbons (Fsp3) is 0.0909. The van der Waals surface area contributed by atoms with Crippen LogP contribution < -0.4 is 4.74 Å². The van der Waals surface area contributed by atoms with E-state index in [4.69, 9.17) is 26.0 Å². The minimum atomic E-state index is -1.19. The lowest BCUT2D eigenvalue weighted by atomic mass is 10.1. The van der Waals surface area contributed by atoms with Gasteiger partial charge in [-0.05, 0) is 12.1 Å². The van der Waals surface area contributed by atoms with Gasteiger partial charge in [0, 0.05) is 16.1 Å². The van der Waals surface area contributed by atoms with Crippen molar-refractivity contribution in [3.05, 3.63) is 33.5 Å². The number of methoxy groups -OCH3 is 1. The third-order valence-electron chi connectivity index (χ3n) is 2.21. The molecule has 0 amide bonds. The Hall–Kier alpha value is -1.53. The van der Waals surface area contributed by atoms with Crippen molar-refractivity contribution in [2.75, 3.05) is 7.11 Å². The van der Waals surface area contributed by atoms with Gasteiger partial charge in [0.25, 0.3) is 0 Å². The summed E-state index contributed by atoms with van der Waals surface area (Å²) in [7, 11) is 1.47. The summed E-state index contributed by atoms with van der Waals surface area (Å²) in [5.41, 5.74) is 0.889. The Balaban J connectivity index is 2.58. The number of ether oxygens (including phenoxy) is 1. The van der Waals surface area contributed by atoms with Crippen LogP contribution >= 0.6 is 27.5 Å². The molecule has 7 heteroatoms. The summed E-state index contributed by atoms with van der Waals surface area (Å²) in [6.45, 7) is 0. The molecule has 0 saturated carbocycles. The fourth-order valence-corrected chi connectivity index (χ4v) is 2.35. The SMILES string of the molecule is COc1c(Cl)cc(Br)cc1-c1cc(C(=O)O)on1. The molecule has 5 nitrogen and oxygen atoms in total. The van der Waals surface area contributed by atoms with Gasteiger partial charge in [0.2, 0.25) is 5.76 Å². The van der Waals surface area contributed by atoms with Crippen LogP contribution in [0.3, 0.4) is 0 Å². The standard InChI is InChI=1S/C11H7BrClNO4/c1-17-10-6(2-5(12)3-7(10)13)8-4-9(11(15)16)18-14-8/h2-4H,1H3,(H,15,16). The zero-order valence-corrected chi connectivity index (χ0v) is 11.4. The summed E-state index contributed by atoms with van der Waals surface area (Å²) in [5, 5.41) is 12.9. The van der Waals surface area contributed by atoms with E-state index in [2.05, 4.69) is 21.1 Å². The first kappa shape index (κ1) is 12.9. The van der Waals surface area contributed by atoms with Gasteiger partial charge in [0.15, 0.2) is 0 Å². The fourth-order valence-electron chi connectivity index (χ4n) is 1.46. The van der Waals surface area contributed by atoms with Crippen molar-refractivity contribution in [2.45, 2.75) is 0 Å². The van der Waals surface area contributed by atoms with Gasteiger partial charge in [-0.1, -0.05) is 32.7 Å². The largest absolute Gasteiger partial charge is 0.494 e. The summed E-state index contributed by atoms with van der Waals surface area (Å²) in [5.74, 6) is -1.03. The number of carbonyl (C=O) groups is 1. The lowest BCUT2D eigenvalue weighted by Gasteiger charge is -2.08. The van der Waals surface area contributed by atoms with Crippen LogP contribution in [-0.4, -0.2) is 23.3 Å². The van der Waals surface area contributed by atoms with E-state index in [9.17, 15) is 4.79 Å². The molecule has 94 valence electrons. The number of aromatic nitrogens is 1. The molecule has 1 aromatic heterocycles. The van der Waals surface area contributed by atoms with Gasteiger partial charge in [0.05, 0.1) is 12.1 Å². The van der Waals surface area contributed by atoms with Gasteiger partial charge >= 0.3 is 5.97 Å². The Labute approximate surface area is 115 Å². The number of rotatable bonds is 3. The van der Waals surface area contributed by atoms with E-state index < -0.39 is 5.97 Å². The molecule has 0 saturated heterocycles. The van der Waals surface area contributed by atoms with E-state index in [0.29, 0.717) is 22.0 Å². The Kier molecular flexibility index (Phi) is 3.58. The smallest absolute Gasteiger partial charge is 0.374 e. The maximum Gasteiger partial charge on any atom is 0.374 e. The molecule has 0 unspecified atom stereocenters. The van der Waals surface area contributed by atoms with Gasteiger partial charge in [-0.3, -0.25) is 0 Å². The summed E-state index contributed by atoms with van der Waals surface area (Å²) < 4.78 is 10.6. The highest BCUT2D eigenvalue weighted by Crippen LogP contribution is 2.38. The Bertz CT molecular complexity index is 611. The Morgan fingerprint density at radius 1 is 1.50 bits per heavy atom. The molecule has 0 aliphatic carbocycles. The first-order valence-electron chi connectivity index (χ1n) is 4.76. The van der Waals surface area contributed by atoms with Crippen LogP contribution in [0, 0.1) is 0 Å². The normalized spacial score (nSPS) is 10.4. The monoisotopic (exact) mass is 331 g/mol. The minimum Gasteiger partial charge on any atom is -0.494 e. The lowest BCUT2D eigenvalue weighted by molar-refractivity contribution is 0.0652. The number of hydrogen-bond acceptors (Lipinski definition) is 4. The second kappa shape index (κ2) is 4.99. The van der Waals surface area contributed by atoms with Crippen molar-refractivity contribution in [2.24, 2.45) is 0 Å². The van der Waals surface area contributed by atoms with Crippen molar-refractivity contribution < 1.29 is 19.2 Å². The molecule has 0 radical (unpaired) electrons. The van der Waals surface area contributed by atoms with Crippen LogP contribution in [0.5, 0.6) is 5.75 Å². The molecule has 1 aromatic carbocycles. The zero-order chi connectivity index (χ0) is 13.3. The van der Waals surface area contributed by atoms with Crippen molar-refractivity contribution in [1.29, 1.82) is 0 Å². The molecule has 0 atom stereocenters. The van der Waals surface area contributed by atoms with Crippen molar-refractivity contribution in [1.82, 2.24) is 5.16 Å². The molecule has 0 spiro atoms. The summed E-state index contributed by atoms with van der Waals surface area (Å²) in [6, 6.07) is 4.69. The maximum atomic E-state index is 10.7. The van der Waals surface area contributed by atoms with Gasteiger partial charge in [0.1, 0.15) is 11.4 Å². The van der Waals surface area contributed by atoms with Crippen LogP contribution in [0.4, 0.5) is 0 Å². The number of benzene rings is 1. The first-order chi connectivity index (χ1) is 8.52. The first-order valence-corrected chi connectivity index (χ1v) is 5.93. The van der Waals surface area contributed by atoms with Gasteiger partial charge in [-0.25, -0.2) is 4.79 Å². The molecular formula is C11H7BrClNO4. The molecule has 2 rings (SSSR count). The van der Waals surface area contributed by atoms with Crippen LogP contribution in [0.2, 0.25) is 5.02 Å². The van der Waals surface area contributed by atoms with E-state index >= 15 is 0 Å². The third kappa shape index (κ3) is 2.34. The van der Waals surface area contributed by atoms with Crippen LogP contribution in [0.15, 0.2) is 27.2 Å². The predicted octanol–water partition coefficient (Wildman–Crippen LogP) is 3.46. The molecule has 0 fully saturated rings. The molecule has 1 heterocycles. The number of carboxylic acids is 1. The third-order valence-corrected chi connectivity index (χ3v) is 2.95. The highest BCUT2D eigenvalue weighted by Gasteiger charge is 2.17. The molecular weight excluding hydrogens is 325 g/mol. The van der Waals surface area contributed by atoms with E-state index in [0.717, 1.165) is 4.47 Å². The number of hydrogen-bond donors (Lipinski definition) is 1. The van der Waals surface area contributed by atoms with Crippen LogP contribution in [0.25, 0.3) is 11.3 Å². The quantitative estimate of drug-likeness (QED) is 0.932. The molecule has 18 heavy (non-hydrogen) atoms. The Morgan fingerprint density at radius 2 is 2.22 bits per heavy atom. The van der Waals surface area contributed by atoms with E-state index in [-0.39, 0.29) is 5.76 Å². The van der Waals surface area contributed by atoms with E-state index in [1.54, 1.807) is 12.1 Å². The highest BCUT2D eigenvalue weighted by atomic mass is 79.9.